The van der Waals surface area contributed by atoms with Crippen LogP contribution in [0.3, 0.4) is 0 Å². The van der Waals surface area contributed by atoms with Crippen LogP contribution in [0, 0.1) is 6.92 Å². The summed E-state index contributed by atoms with van der Waals surface area (Å²) in [5.41, 5.74) is 1.07. The van der Waals surface area contributed by atoms with Crippen LogP contribution in [-0.2, 0) is 15.4 Å². The molecule has 0 aliphatic carbocycles. The molecule has 21 heavy (non-hydrogen) atoms. The van der Waals surface area contributed by atoms with Crippen molar-refractivity contribution < 1.29 is 8.42 Å². The largest absolute Gasteiger partial charge is 0.308 e. The van der Waals surface area contributed by atoms with Crippen LogP contribution < -0.4 is 5.32 Å². The van der Waals surface area contributed by atoms with Gasteiger partial charge in [-0.2, -0.15) is 0 Å². The maximum Gasteiger partial charge on any atom is 0.214 e. The van der Waals surface area contributed by atoms with E-state index >= 15 is 0 Å². The molecule has 1 atom stereocenters. The van der Waals surface area contributed by atoms with Crippen LogP contribution in [0.4, 0.5) is 0 Å². The predicted molar refractivity (Wildman–Crippen MR) is 89.4 cm³/mol. The van der Waals surface area contributed by atoms with Crippen molar-refractivity contribution in [3.63, 3.8) is 0 Å². The number of aryl methyl sites for hydroxylation is 1. The van der Waals surface area contributed by atoms with Crippen molar-refractivity contribution in [3.05, 3.63) is 15.6 Å². The van der Waals surface area contributed by atoms with Crippen molar-refractivity contribution in [1.29, 1.82) is 0 Å². The molecule has 5 nitrogen and oxygen atoms in total. The molecule has 122 valence electrons. The highest BCUT2D eigenvalue weighted by Crippen LogP contribution is 2.32. The summed E-state index contributed by atoms with van der Waals surface area (Å²) < 4.78 is 24.7. The predicted octanol–water partition coefficient (Wildman–Crippen LogP) is 2.29. The van der Waals surface area contributed by atoms with Gasteiger partial charge in [0.15, 0.2) is 0 Å². The van der Waals surface area contributed by atoms with Crippen LogP contribution in [0.25, 0.3) is 0 Å². The van der Waals surface area contributed by atoms with Crippen LogP contribution in [-0.4, -0.2) is 44.1 Å². The van der Waals surface area contributed by atoms with Gasteiger partial charge in [0.25, 0.3) is 0 Å². The van der Waals surface area contributed by atoms with Gasteiger partial charge in [-0.3, -0.25) is 0 Å². The number of nitrogens with one attached hydrogen (secondary N) is 1. The molecule has 1 rings (SSSR count). The summed E-state index contributed by atoms with van der Waals surface area (Å²) in [6.07, 6.45) is 0. The zero-order chi connectivity index (χ0) is 16.4. The quantitative estimate of drug-likeness (QED) is 0.867. The van der Waals surface area contributed by atoms with Crippen molar-refractivity contribution in [1.82, 2.24) is 14.6 Å². The summed E-state index contributed by atoms with van der Waals surface area (Å²) in [5.74, 6) is 0.105. The highest BCUT2D eigenvalue weighted by atomic mass is 32.2. The summed E-state index contributed by atoms with van der Waals surface area (Å²) >= 11 is 1.71. The molecule has 0 aliphatic rings. The number of sulfonamides is 1. The molecule has 1 aromatic heterocycles. The average Bonchev–Trinajstić information content (AvgIpc) is 2.70. The third-order valence-corrected chi connectivity index (χ3v) is 6.83. The zero-order valence-corrected chi connectivity index (χ0v) is 15.7. The van der Waals surface area contributed by atoms with E-state index in [-0.39, 0.29) is 17.2 Å². The fourth-order valence-corrected chi connectivity index (χ4v) is 3.70. The lowest BCUT2D eigenvalue weighted by molar-refractivity contribution is 0.513. The van der Waals surface area contributed by atoms with Crippen molar-refractivity contribution in [3.8, 4) is 0 Å². The average molecular weight is 334 g/mol. The Kier molecular flexibility index (Phi) is 5.94. The first-order valence-corrected chi connectivity index (χ1v) is 9.49. The smallest absolute Gasteiger partial charge is 0.214 e. The van der Waals surface area contributed by atoms with Gasteiger partial charge in [0.05, 0.1) is 16.5 Å². The van der Waals surface area contributed by atoms with Crippen molar-refractivity contribution in [2.75, 3.05) is 26.4 Å². The van der Waals surface area contributed by atoms with Crippen molar-refractivity contribution >= 4 is 21.4 Å². The van der Waals surface area contributed by atoms with Gasteiger partial charge >= 0.3 is 0 Å². The normalized spacial score (nSPS) is 14.7. The van der Waals surface area contributed by atoms with E-state index in [1.165, 1.54) is 9.18 Å². The molecule has 1 heterocycles. The SMILES string of the molecule is Cc1nc(C(C)(C)C)sc1C(C)NCCS(=O)(=O)N(C)C. The van der Waals surface area contributed by atoms with Gasteiger partial charge in [0, 0.05) is 37.0 Å². The Balaban J connectivity index is 2.69. The van der Waals surface area contributed by atoms with Crippen molar-refractivity contribution in [2.24, 2.45) is 0 Å². The number of aromatic nitrogens is 1. The van der Waals surface area contributed by atoms with Gasteiger partial charge in [-0.05, 0) is 13.8 Å². The summed E-state index contributed by atoms with van der Waals surface area (Å²) in [6, 6.07) is 0.107. The first-order chi connectivity index (χ1) is 9.45. The molecule has 7 heteroatoms. The first kappa shape index (κ1) is 18.5. The minimum Gasteiger partial charge on any atom is -0.308 e. The van der Waals surface area contributed by atoms with Gasteiger partial charge in [-0.1, -0.05) is 20.8 Å². The number of rotatable bonds is 6. The standard InChI is InChI=1S/C14H27N3O2S2/c1-10(15-8-9-21(18,19)17(6)7)12-11(2)16-13(20-12)14(3,4)5/h10,15H,8-9H2,1-7H3. The molecule has 0 aromatic carbocycles. The fraction of sp³-hybridized carbons (Fsp3) is 0.786. The van der Waals surface area contributed by atoms with E-state index in [1.807, 2.05) is 6.92 Å². The molecule has 0 aliphatic heterocycles. The third-order valence-electron chi connectivity index (χ3n) is 3.23. The molecule has 0 radical (unpaired) electrons. The van der Waals surface area contributed by atoms with E-state index in [0.29, 0.717) is 6.54 Å². The Bertz CT molecular complexity index is 572. The number of hydrogen-bond acceptors (Lipinski definition) is 5. The molecule has 0 amide bonds. The number of nitrogens with zero attached hydrogens (tertiary/aromatic N) is 2. The maximum absolute atomic E-state index is 11.7. The fourth-order valence-electron chi connectivity index (χ4n) is 1.81. The molecule has 1 unspecified atom stereocenters. The minimum absolute atomic E-state index is 0.0433. The molecule has 0 spiro atoms. The van der Waals surface area contributed by atoms with Gasteiger partial charge in [0.2, 0.25) is 10.0 Å². The van der Waals surface area contributed by atoms with E-state index in [9.17, 15) is 8.42 Å². The molecule has 0 saturated carbocycles. The summed E-state index contributed by atoms with van der Waals surface area (Å²) in [6.45, 7) is 10.9. The van der Waals surface area contributed by atoms with Crippen LogP contribution in [0.5, 0.6) is 0 Å². The van der Waals surface area contributed by atoms with E-state index in [1.54, 1.807) is 25.4 Å². The lowest BCUT2D eigenvalue weighted by Crippen LogP contribution is -2.32. The molecule has 0 saturated heterocycles. The van der Waals surface area contributed by atoms with E-state index in [0.717, 1.165) is 10.7 Å². The van der Waals surface area contributed by atoms with Gasteiger partial charge in [0.1, 0.15) is 0 Å². The lowest BCUT2D eigenvalue weighted by Gasteiger charge is -2.16. The monoisotopic (exact) mass is 333 g/mol. The van der Waals surface area contributed by atoms with Crippen LogP contribution in [0.15, 0.2) is 0 Å². The topological polar surface area (TPSA) is 62.3 Å². The summed E-state index contributed by atoms with van der Waals surface area (Å²) in [4.78, 5) is 5.82. The second-order valence-electron chi connectivity index (χ2n) is 6.49. The number of hydrogen-bond donors (Lipinski definition) is 1. The van der Waals surface area contributed by atoms with Crippen LogP contribution >= 0.6 is 11.3 Å². The Morgan fingerprint density at radius 1 is 1.33 bits per heavy atom. The lowest BCUT2D eigenvalue weighted by atomic mass is 9.98. The Hall–Kier alpha value is -0.500. The Morgan fingerprint density at radius 2 is 1.90 bits per heavy atom. The van der Waals surface area contributed by atoms with Crippen LogP contribution in [0.1, 0.15) is 49.3 Å². The highest BCUT2D eigenvalue weighted by molar-refractivity contribution is 7.89. The van der Waals surface area contributed by atoms with E-state index in [2.05, 4.69) is 38.0 Å². The molecule has 1 N–H and O–H groups in total. The minimum atomic E-state index is -3.15. The Labute approximate surface area is 132 Å². The van der Waals surface area contributed by atoms with E-state index in [4.69, 9.17) is 0 Å². The molecular weight excluding hydrogens is 306 g/mol. The van der Waals surface area contributed by atoms with Gasteiger partial charge < -0.3 is 5.32 Å². The zero-order valence-electron chi connectivity index (χ0n) is 14.0. The van der Waals surface area contributed by atoms with Gasteiger partial charge in [-0.25, -0.2) is 17.7 Å². The molecular formula is C14H27N3O2S2. The second-order valence-corrected chi connectivity index (χ2v) is 9.83. The summed E-state index contributed by atoms with van der Waals surface area (Å²) in [7, 11) is -0.0311. The first-order valence-electron chi connectivity index (χ1n) is 7.06. The summed E-state index contributed by atoms with van der Waals surface area (Å²) in [5, 5.41) is 4.40. The molecule has 0 fully saturated rings. The molecule has 1 aromatic rings. The highest BCUT2D eigenvalue weighted by Gasteiger charge is 2.22. The van der Waals surface area contributed by atoms with Crippen LogP contribution in [0.2, 0.25) is 0 Å². The third kappa shape index (κ3) is 5.02. The number of thiazole rings is 1. The van der Waals surface area contributed by atoms with Crippen molar-refractivity contribution in [2.45, 2.75) is 46.1 Å². The Morgan fingerprint density at radius 3 is 2.33 bits per heavy atom. The van der Waals surface area contributed by atoms with E-state index < -0.39 is 10.0 Å². The van der Waals surface area contributed by atoms with Gasteiger partial charge in [-0.15, -0.1) is 11.3 Å². The molecule has 0 bridgehead atoms. The maximum atomic E-state index is 11.7. The second kappa shape index (κ2) is 6.73.